The number of nitrogens with zero attached hydrogens (tertiary/aromatic N) is 2. The molecule has 0 spiro atoms. The van der Waals surface area contributed by atoms with Gasteiger partial charge in [-0.05, 0) is 31.0 Å². The molecule has 2 aliphatic heterocycles. The predicted molar refractivity (Wildman–Crippen MR) is 89.7 cm³/mol. The standard InChI is InChI=1S/C17H21FN4O3/c1-21(2)16(24)12-8-10(5-6-13(12)18)20-17(25)22-7-3-4-11-14(22)9-19-15(11)23/h5-6,8,11,14H,3-4,7,9H2,1-2H3,(H,19,23)(H,20,25)/t11-,14-/m1/s1. The first-order valence-corrected chi connectivity index (χ1v) is 8.25. The van der Waals surface area contributed by atoms with E-state index in [0.717, 1.165) is 18.9 Å². The molecule has 2 heterocycles. The van der Waals surface area contributed by atoms with E-state index in [1.807, 2.05) is 0 Å². The van der Waals surface area contributed by atoms with Crippen molar-refractivity contribution >= 4 is 23.5 Å². The summed E-state index contributed by atoms with van der Waals surface area (Å²) in [4.78, 5) is 39.3. The quantitative estimate of drug-likeness (QED) is 0.844. The van der Waals surface area contributed by atoms with Gasteiger partial charge in [0.2, 0.25) is 5.91 Å². The van der Waals surface area contributed by atoms with Crippen molar-refractivity contribution in [3.8, 4) is 0 Å². The van der Waals surface area contributed by atoms with Crippen LogP contribution >= 0.6 is 0 Å². The minimum atomic E-state index is -0.639. The molecular formula is C17H21FN4O3. The van der Waals surface area contributed by atoms with E-state index in [9.17, 15) is 18.8 Å². The van der Waals surface area contributed by atoms with Crippen molar-refractivity contribution in [1.82, 2.24) is 15.1 Å². The van der Waals surface area contributed by atoms with Crippen molar-refractivity contribution < 1.29 is 18.8 Å². The summed E-state index contributed by atoms with van der Waals surface area (Å²) in [5.41, 5.74) is 0.244. The first kappa shape index (κ1) is 17.2. The van der Waals surface area contributed by atoms with Crippen LogP contribution < -0.4 is 10.6 Å². The van der Waals surface area contributed by atoms with Crippen LogP contribution in [0.2, 0.25) is 0 Å². The van der Waals surface area contributed by atoms with Crippen LogP contribution in [0.4, 0.5) is 14.9 Å². The number of carbonyl (C=O) groups is 3. The van der Waals surface area contributed by atoms with Gasteiger partial charge in [0.15, 0.2) is 0 Å². The lowest BCUT2D eigenvalue weighted by Gasteiger charge is -2.35. The largest absolute Gasteiger partial charge is 0.354 e. The summed E-state index contributed by atoms with van der Waals surface area (Å²) >= 11 is 0. The highest BCUT2D eigenvalue weighted by molar-refractivity contribution is 5.97. The second kappa shape index (κ2) is 6.70. The maximum absolute atomic E-state index is 13.9. The third-order valence-corrected chi connectivity index (χ3v) is 4.72. The van der Waals surface area contributed by atoms with Gasteiger partial charge in [0, 0.05) is 32.9 Å². The third kappa shape index (κ3) is 3.29. The third-order valence-electron chi connectivity index (χ3n) is 4.72. The number of nitrogens with one attached hydrogen (secondary N) is 2. The zero-order valence-corrected chi connectivity index (χ0v) is 14.2. The minimum absolute atomic E-state index is 0.0110. The lowest BCUT2D eigenvalue weighted by molar-refractivity contribution is -0.123. The van der Waals surface area contributed by atoms with Crippen LogP contribution in [0.3, 0.4) is 0 Å². The SMILES string of the molecule is CN(C)C(=O)c1cc(NC(=O)N2CCC[C@H]3C(=O)NC[C@H]32)ccc1F. The van der Waals surface area contributed by atoms with Gasteiger partial charge in [-0.2, -0.15) is 0 Å². The van der Waals surface area contributed by atoms with E-state index in [4.69, 9.17) is 0 Å². The van der Waals surface area contributed by atoms with E-state index in [0.29, 0.717) is 18.8 Å². The number of piperidine rings is 1. The van der Waals surface area contributed by atoms with E-state index in [1.165, 1.54) is 31.1 Å². The van der Waals surface area contributed by atoms with Gasteiger partial charge in [0.25, 0.3) is 5.91 Å². The molecule has 3 rings (SSSR count). The van der Waals surface area contributed by atoms with E-state index >= 15 is 0 Å². The second-order valence-corrected chi connectivity index (χ2v) is 6.58. The van der Waals surface area contributed by atoms with Gasteiger partial charge in [-0.1, -0.05) is 0 Å². The van der Waals surface area contributed by atoms with E-state index < -0.39 is 11.7 Å². The predicted octanol–water partition coefficient (Wildman–Crippen LogP) is 1.27. The van der Waals surface area contributed by atoms with Crippen LogP contribution in [0.15, 0.2) is 18.2 Å². The van der Waals surface area contributed by atoms with Crippen molar-refractivity contribution in [2.75, 3.05) is 32.5 Å². The highest BCUT2D eigenvalue weighted by Gasteiger charge is 2.42. The Hall–Kier alpha value is -2.64. The number of halogens is 1. The number of carbonyl (C=O) groups excluding carboxylic acids is 3. The van der Waals surface area contributed by atoms with Gasteiger partial charge < -0.3 is 20.4 Å². The molecule has 2 saturated heterocycles. The molecule has 0 bridgehead atoms. The van der Waals surface area contributed by atoms with Crippen LogP contribution in [0.25, 0.3) is 0 Å². The van der Waals surface area contributed by atoms with Gasteiger partial charge >= 0.3 is 6.03 Å². The fourth-order valence-corrected chi connectivity index (χ4v) is 3.41. The van der Waals surface area contributed by atoms with E-state index in [1.54, 1.807) is 4.90 Å². The molecule has 1 aromatic carbocycles. The fourth-order valence-electron chi connectivity index (χ4n) is 3.41. The van der Waals surface area contributed by atoms with Gasteiger partial charge in [-0.15, -0.1) is 0 Å². The van der Waals surface area contributed by atoms with Gasteiger partial charge in [0.1, 0.15) is 5.82 Å². The molecule has 8 heteroatoms. The number of hydrogen-bond donors (Lipinski definition) is 2. The van der Waals surface area contributed by atoms with Crippen LogP contribution in [-0.2, 0) is 4.79 Å². The minimum Gasteiger partial charge on any atom is -0.354 e. The van der Waals surface area contributed by atoms with Crippen LogP contribution in [0.1, 0.15) is 23.2 Å². The van der Waals surface area contributed by atoms with Crippen LogP contribution in [-0.4, -0.2) is 60.9 Å². The molecule has 7 nitrogen and oxygen atoms in total. The first-order valence-electron chi connectivity index (χ1n) is 8.25. The molecule has 0 aliphatic carbocycles. The van der Waals surface area contributed by atoms with Gasteiger partial charge in [0.05, 0.1) is 17.5 Å². The number of fused-ring (bicyclic) bond motifs is 1. The van der Waals surface area contributed by atoms with Crippen molar-refractivity contribution in [2.45, 2.75) is 18.9 Å². The average Bonchev–Trinajstić information content (AvgIpc) is 2.97. The molecule has 134 valence electrons. The number of benzene rings is 1. The Balaban J connectivity index is 1.76. The van der Waals surface area contributed by atoms with Crippen molar-refractivity contribution in [3.05, 3.63) is 29.6 Å². The fraction of sp³-hybridized carbons (Fsp3) is 0.471. The summed E-state index contributed by atoms with van der Waals surface area (Å²) in [5, 5.41) is 5.50. The smallest absolute Gasteiger partial charge is 0.322 e. The number of rotatable bonds is 2. The maximum atomic E-state index is 13.9. The summed E-state index contributed by atoms with van der Waals surface area (Å²) in [6.07, 6.45) is 1.54. The maximum Gasteiger partial charge on any atom is 0.322 e. The number of anilines is 1. The number of likely N-dealkylation sites (tertiary alicyclic amines) is 1. The monoisotopic (exact) mass is 348 g/mol. The van der Waals surface area contributed by atoms with Crippen molar-refractivity contribution in [2.24, 2.45) is 5.92 Å². The molecule has 25 heavy (non-hydrogen) atoms. The molecule has 4 amide bonds. The molecule has 2 N–H and O–H groups in total. The highest BCUT2D eigenvalue weighted by Crippen LogP contribution is 2.28. The average molecular weight is 348 g/mol. The number of urea groups is 1. The summed E-state index contributed by atoms with van der Waals surface area (Å²) in [7, 11) is 3.07. The zero-order chi connectivity index (χ0) is 18.1. The van der Waals surface area contributed by atoms with Gasteiger partial charge in [-0.25, -0.2) is 9.18 Å². The molecule has 2 fully saturated rings. The lowest BCUT2D eigenvalue weighted by Crippen LogP contribution is -2.50. The number of hydrogen-bond acceptors (Lipinski definition) is 3. The Morgan fingerprint density at radius 3 is 2.84 bits per heavy atom. The molecule has 1 aromatic rings. The Labute approximate surface area is 145 Å². The van der Waals surface area contributed by atoms with Crippen LogP contribution in [0.5, 0.6) is 0 Å². The molecule has 0 saturated carbocycles. The second-order valence-electron chi connectivity index (χ2n) is 6.58. The molecule has 0 radical (unpaired) electrons. The van der Waals surface area contributed by atoms with Crippen molar-refractivity contribution in [1.29, 1.82) is 0 Å². The molecule has 2 atom stereocenters. The summed E-state index contributed by atoms with van der Waals surface area (Å²) < 4.78 is 13.9. The molecule has 2 aliphatic rings. The summed E-state index contributed by atoms with van der Waals surface area (Å²) in [6.45, 7) is 1.01. The normalized spacial score (nSPS) is 22.2. The topological polar surface area (TPSA) is 81.8 Å². The molecule has 0 unspecified atom stereocenters. The summed E-state index contributed by atoms with van der Waals surface area (Å²) in [5.74, 6) is -1.29. The number of amides is 4. The molecular weight excluding hydrogens is 327 g/mol. The van der Waals surface area contributed by atoms with Gasteiger partial charge in [-0.3, -0.25) is 9.59 Å². The first-order chi connectivity index (χ1) is 11.9. The summed E-state index contributed by atoms with van der Waals surface area (Å²) in [6, 6.07) is 3.39. The highest BCUT2D eigenvalue weighted by atomic mass is 19.1. The lowest BCUT2D eigenvalue weighted by atomic mass is 9.92. The van der Waals surface area contributed by atoms with E-state index in [2.05, 4.69) is 10.6 Å². The molecule has 0 aromatic heterocycles. The Bertz CT molecular complexity index is 722. The Kier molecular flexibility index (Phi) is 4.61. The Morgan fingerprint density at radius 2 is 2.12 bits per heavy atom. The Morgan fingerprint density at radius 1 is 1.36 bits per heavy atom. The van der Waals surface area contributed by atoms with Crippen LogP contribution in [0, 0.1) is 11.7 Å². The van der Waals surface area contributed by atoms with Crippen molar-refractivity contribution in [3.63, 3.8) is 0 Å². The zero-order valence-electron chi connectivity index (χ0n) is 14.2. The van der Waals surface area contributed by atoms with E-state index in [-0.39, 0.29) is 29.5 Å².